The van der Waals surface area contributed by atoms with E-state index in [1.807, 2.05) is 56.5 Å². The molecule has 0 bridgehead atoms. The number of benzene rings is 2. The van der Waals surface area contributed by atoms with Crippen molar-refractivity contribution in [3.8, 4) is 5.75 Å². The SMILES string of the molecule is COC(=O)N1CC(c2cc(C)c(OC(C)(C)C(=O)O)c(C)c2)[C@H](C(=O)c2ccc(SC)cc2)C1. The summed E-state index contributed by atoms with van der Waals surface area (Å²) in [7, 11) is 1.33. The molecular formula is C26H31NO6S. The Morgan fingerprint density at radius 1 is 1.06 bits per heavy atom. The number of carbonyl (C=O) groups excluding carboxylic acids is 2. The number of likely N-dealkylation sites (tertiary alicyclic amines) is 1. The van der Waals surface area contributed by atoms with E-state index in [-0.39, 0.29) is 18.2 Å². The number of aryl methyl sites for hydroxylation is 2. The fourth-order valence-corrected chi connectivity index (χ4v) is 4.72. The third kappa shape index (κ3) is 5.22. The zero-order valence-electron chi connectivity index (χ0n) is 20.4. The Hall–Kier alpha value is -3.00. The molecule has 182 valence electrons. The molecule has 7 nitrogen and oxygen atoms in total. The normalized spacial score (nSPS) is 18.0. The summed E-state index contributed by atoms with van der Waals surface area (Å²) in [5.41, 5.74) is 1.68. The minimum atomic E-state index is -1.38. The number of amides is 1. The van der Waals surface area contributed by atoms with Crippen molar-refractivity contribution in [3.05, 3.63) is 58.7 Å². The predicted octanol–water partition coefficient (Wildman–Crippen LogP) is 4.93. The number of methoxy groups -OCH3 is 1. The number of aliphatic carboxylic acids is 1. The van der Waals surface area contributed by atoms with Gasteiger partial charge in [-0.1, -0.05) is 24.3 Å². The van der Waals surface area contributed by atoms with Crippen LogP contribution in [0.25, 0.3) is 0 Å². The Morgan fingerprint density at radius 2 is 1.65 bits per heavy atom. The molecule has 0 saturated carbocycles. The van der Waals surface area contributed by atoms with E-state index in [2.05, 4.69) is 0 Å². The first-order valence-corrected chi connectivity index (χ1v) is 12.3. The number of carboxylic acid groups (broad SMARTS) is 1. The van der Waals surface area contributed by atoms with E-state index in [1.165, 1.54) is 21.0 Å². The second-order valence-electron chi connectivity index (χ2n) is 9.08. The van der Waals surface area contributed by atoms with Gasteiger partial charge < -0.3 is 19.5 Å². The van der Waals surface area contributed by atoms with E-state index in [9.17, 15) is 19.5 Å². The van der Waals surface area contributed by atoms with Gasteiger partial charge in [-0.2, -0.15) is 0 Å². The summed E-state index contributed by atoms with van der Waals surface area (Å²) < 4.78 is 10.8. The second kappa shape index (κ2) is 10.1. The number of rotatable bonds is 7. The maximum atomic E-state index is 13.5. The van der Waals surface area contributed by atoms with Gasteiger partial charge >= 0.3 is 12.1 Å². The van der Waals surface area contributed by atoms with Crippen molar-refractivity contribution in [2.24, 2.45) is 5.92 Å². The van der Waals surface area contributed by atoms with Crippen molar-refractivity contribution < 1.29 is 29.0 Å². The van der Waals surface area contributed by atoms with Gasteiger partial charge in [0, 0.05) is 35.4 Å². The number of carboxylic acids is 1. The molecule has 3 rings (SSSR count). The molecular weight excluding hydrogens is 454 g/mol. The van der Waals surface area contributed by atoms with Crippen LogP contribution in [-0.4, -0.2) is 59.9 Å². The molecule has 1 saturated heterocycles. The highest BCUT2D eigenvalue weighted by atomic mass is 32.2. The summed E-state index contributed by atoms with van der Waals surface area (Å²) in [6.07, 6.45) is 1.52. The van der Waals surface area contributed by atoms with E-state index in [0.29, 0.717) is 17.9 Å². The molecule has 1 fully saturated rings. The highest BCUT2D eigenvalue weighted by Gasteiger charge is 2.41. The number of ketones is 1. The van der Waals surface area contributed by atoms with Crippen LogP contribution < -0.4 is 4.74 Å². The van der Waals surface area contributed by atoms with Gasteiger partial charge in [0.25, 0.3) is 0 Å². The smallest absolute Gasteiger partial charge is 0.409 e. The maximum Gasteiger partial charge on any atom is 0.409 e. The summed E-state index contributed by atoms with van der Waals surface area (Å²) >= 11 is 1.61. The topological polar surface area (TPSA) is 93.1 Å². The summed E-state index contributed by atoms with van der Waals surface area (Å²) in [5.74, 6) is -1.23. The van der Waals surface area contributed by atoms with E-state index >= 15 is 0 Å². The molecule has 0 radical (unpaired) electrons. The Morgan fingerprint density at radius 3 is 2.15 bits per heavy atom. The highest BCUT2D eigenvalue weighted by molar-refractivity contribution is 7.98. The third-order valence-electron chi connectivity index (χ3n) is 6.25. The molecule has 1 heterocycles. The first-order chi connectivity index (χ1) is 16.0. The molecule has 2 aromatic rings. The summed E-state index contributed by atoms with van der Waals surface area (Å²) in [5, 5.41) is 9.44. The zero-order chi connectivity index (χ0) is 25.2. The number of thioether (sulfide) groups is 1. The number of Topliss-reactive ketones (excluding diaryl/α,β-unsaturated/α-hetero) is 1. The van der Waals surface area contributed by atoms with Gasteiger partial charge in [0.1, 0.15) is 5.75 Å². The van der Waals surface area contributed by atoms with Gasteiger partial charge in [-0.15, -0.1) is 11.8 Å². The molecule has 2 atom stereocenters. The fraction of sp³-hybridized carbons (Fsp3) is 0.423. The number of hydrogen-bond acceptors (Lipinski definition) is 6. The lowest BCUT2D eigenvalue weighted by Crippen LogP contribution is -2.38. The summed E-state index contributed by atoms with van der Waals surface area (Å²) in [6.45, 7) is 7.34. The van der Waals surface area contributed by atoms with Crippen molar-refractivity contribution in [1.82, 2.24) is 4.90 Å². The van der Waals surface area contributed by atoms with Crippen LogP contribution in [0.15, 0.2) is 41.3 Å². The van der Waals surface area contributed by atoms with E-state index in [1.54, 1.807) is 16.7 Å². The molecule has 1 N–H and O–H groups in total. The fourth-order valence-electron chi connectivity index (χ4n) is 4.31. The molecule has 8 heteroatoms. The van der Waals surface area contributed by atoms with Gasteiger partial charge in [0.2, 0.25) is 0 Å². The second-order valence-corrected chi connectivity index (χ2v) is 9.96. The average molecular weight is 486 g/mol. The standard InChI is InChI=1S/C26H31NO6S/c1-15-11-18(12-16(2)23(15)33-26(3,4)24(29)30)20-13-27(25(31)32-5)14-21(20)22(28)17-7-9-19(34-6)10-8-17/h7-12,20-21H,13-14H2,1-6H3,(H,29,30)/t20?,21-/m1/s1. The van der Waals surface area contributed by atoms with Crippen LogP contribution >= 0.6 is 11.8 Å². The van der Waals surface area contributed by atoms with Crippen LogP contribution in [0.3, 0.4) is 0 Å². The average Bonchev–Trinajstić information content (AvgIpc) is 3.25. The molecule has 0 spiro atoms. The lowest BCUT2D eigenvalue weighted by Gasteiger charge is -2.26. The molecule has 0 aliphatic carbocycles. The van der Waals surface area contributed by atoms with Crippen molar-refractivity contribution in [2.75, 3.05) is 26.5 Å². The van der Waals surface area contributed by atoms with Crippen LogP contribution in [0, 0.1) is 19.8 Å². The minimum Gasteiger partial charge on any atom is -0.478 e. The van der Waals surface area contributed by atoms with Crippen LogP contribution in [0.2, 0.25) is 0 Å². The first-order valence-electron chi connectivity index (χ1n) is 11.0. The predicted molar refractivity (Wildman–Crippen MR) is 131 cm³/mol. The number of carbonyl (C=O) groups is 3. The Balaban J connectivity index is 1.97. The van der Waals surface area contributed by atoms with Crippen molar-refractivity contribution in [3.63, 3.8) is 0 Å². The van der Waals surface area contributed by atoms with Gasteiger partial charge in [0.15, 0.2) is 11.4 Å². The molecule has 1 aliphatic rings. The van der Waals surface area contributed by atoms with Gasteiger partial charge in [-0.05, 0) is 62.8 Å². The Labute approximate surface area is 204 Å². The Bertz CT molecular complexity index is 1070. The number of nitrogens with zero attached hydrogens (tertiary/aromatic N) is 1. The molecule has 0 aromatic heterocycles. The minimum absolute atomic E-state index is 0.0216. The van der Waals surface area contributed by atoms with Crippen LogP contribution in [0.1, 0.15) is 46.8 Å². The van der Waals surface area contributed by atoms with Crippen LogP contribution in [0.4, 0.5) is 4.79 Å². The maximum absolute atomic E-state index is 13.5. The van der Waals surface area contributed by atoms with Gasteiger partial charge in [-0.3, -0.25) is 4.79 Å². The van der Waals surface area contributed by atoms with Crippen molar-refractivity contribution >= 4 is 29.6 Å². The lowest BCUT2D eigenvalue weighted by atomic mass is 9.82. The molecule has 2 aromatic carbocycles. The summed E-state index contributed by atoms with van der Waals surface area (Å²) in [4.78, 5) is 40.0. The van der Waals surface area contributed by atoms with E-state index in [0.717, 1.165) is 21.6 Å². The monoisotopic (exact) mass is 485 g/mol. The zero-order valence-corrected chi connectivity index (χ0v) is 21.2. The molecule has 34 heavy (non-hydrogen) atoms. The Kier molecular flexibility index (Phi) is 7.60. The van der Waals surface area contributed by atoms with Gasteiger partial charge in [0.05, 0.1) is 7.11 Å². The van der Waals surface area contributed by atoms with E-state index < -0.39 is 23.6 Å². The van der Waals surface area contributed by atoms with Crippen LogP contribution in [-0.2, 0) is 9.53 Å². The number of ether oxygens (including phenoxy) is 2. The molecule has 1 amide bonds. The first kappa shape index (κ1) is 25.6. The lowest BCUT2D eigenvalue weighted by molar-refractivity contribution is -0.152. The molecule has 1 aliphatic heterocycles. The third-order valence-corrected chi connectivity index (χ3v) is 6.99. The quantitative estimate of drug-likeness (QED) is 0.439. The van der Waals surface area contributed by atoms with E-state index in [4.69, 9.17) is 9.47 Å². The highest BCUT2D eigenvalue weighted by Crippen LogP contribution is 2.39. The van der Waals surface area contributed by atoms with Gasteiger partial charge in [-0.25, -0.2) is 9.59 Å². The molecule has 1 unspecified atom stereocenters. The van der Waals surface area contributed by atoms with Crippen molar-refractivity contribution in [2.45, 2.75) is 44.1 Å². The van der Waals surface area contributed by atoms with Crippen molar-refractivity contribution in [1.29, 1.82) is 0 Å². The number of hydrogen-bond donors (Lipinski definition) is 1. The largest absolute Gasteiger partial charge is 0.478 e. The summed E-state index contributed by atoms with van der Waals surface area (Å²) in [6, 6.07) is 11.3. The van der Waals surface area contributed by atoms with Crippen LogP contribution in [0.5, 0.6) is 5.75 Å².